The molecule has 0 unspecified atom stereocenters. The SMILES string of the molecule is Cc1ccc2nc(COC(=O)/C=C/c3cccc(C(F)(F)F)c3)cc(=O)n2c1. The largest absolute Gasteiger partial charge is 0.456 e. The molecular weight excluding hydrogens is 373 g/mol. The lowest BCUT2D eigenvalue weighted by molar-refractivity contribution is -0.139. The van der Waals surface area contributed by atoms with Gasteiger partial charge in [0.2, 0.25) is 0 Å². The first-order chi connectivity index (χ1) is 13.2. The second kappa shape index (κ2) is 7.67. The molecule has 1 aromatic carbocycles. The van der Waals surface area contributed by atoms with Crippen molar-refractivity contribution in [1.29, 1.82) is 0 Å². The van der Waals surface area contributed by atoms with E-state index in [2.05, 4.69) is 4.98 Å². The van der Waals surface area contributed by atoms with Crippen LogP contribution in [0.3, 0.4) is 0 Å². The molecule has 0 N–H and O–H groups in total. The molecule has 0 bridgehead atoms. The monoisotopic (exact) mass is 388 g/mol. The third-order valence-corrected chi connectivity index (χ3v) is 3.85. The molecule has 0 radical (unpaired) electrons. The van der Waals surface area contributed by atoms with E-state index >= 15 is 0 Å². The number of fused-ring (bicyclic) bond motifs is 1. The van der Waals surface area contributed by atoms with Crippen molar-refractivity contribution in [3.63, 3.8) is 0 Å². The van der Waals surface area contributed by atoms with Gasteiger partial charge in [-0.05, 0) is 42.3 Å². The van der Waals surface area contributed by atoms with Crippen molar-refractivity contribution in [3.8, 4) is 0 Å². The number of carbonyl (C=O) groups is 1. The maximum absolute atomic E-state index is 12.7. The summed E-state index contributed by atoms with van der Waals surface area (Å²) >= 11 is 0. The molecule has 8 heteroatoms. The number of nitrogens with zero attached hydrogens (tertiary/aromatic N) is 2. The Morgan fingerprint density at radius 3 is 2.75 bits per heavy atom. The summed E-state index contributed by atoms with van der Waals surface area (Å²) in [6, 6.07) is 9.30. The number of aromatic nitrogens is 2. The van der Waals surface area contributed by atoms with Gasteiger partial charge in [0.15, 0.2) is 0 Å². The molecule has 0 amide bonds. The van der Waals surface area contributed by atoms with E-state index in [0.29, 0.717) is 5.65 Å². The highest BCUT2D eigenvalue weighted by Crippen LogP contribution is 2.29. The Hall–Kier alpha value is -3.42. The van der Waals surface area contributed by atoms with E-state index in [1.54, 1.807) is 18.3 Å². The molecule has 28 heavy (non-hydrogen) atoms. The third kappa shape index (κ3) is 4.64. The predicted molar refractivity (Wildman–Crippen MR) is 96.5 cm³/mol. The fourth-order valence-electron chi connectivity index (χ4n) is 2.51. The first-order valence-corrected chi connectivity index (χ1v) is 8.23. The van der Waals surface area contributed by atoms with E-state index in [0.717, 1.165) is 23.8 Å². The van der Waals surface area contributed by atoms with Crippen molar-refractivity contribution in [2.75, 3.05) is 0 Å². The Labute approximate surface area is 157 Å². The summed E-state index contributed by atoms with van der Waals surface area (Å²) in [5.41, 5.74) is 0.691. The van der Waals surface area contributed by atoms with Gasteiger partial charge in [-0.3, -0.25) is 9.20 Å². The van der Waals surface area contributed by atoms with Crippen LogP contribution in [-0.2, 0) is 22.3 Å². The minimum Gasteiger partial charge on any atom is -0.456 e. The van der Waals surface area contributed by atoms with Crippen LogP contribution in [0.2, 0.25) is 0 Å². The van der Waals surface area contributed by atoms with Crippen LogP contribution in [0.25, 0.3) is 11.7 Å². The number of alkyl halides is 3. The van der Waals surface area contributed by atoms with Gasteiger partial charge in [-0.15, -0.1) is 0 Å². The van der Waals surface area contributed by atoms with Gasteiger partial charge in [0.1, 0.15) is 12.3 Å². The van der Waals surface area contributed by atoms with Crippen molar-refractivity contribution in [3.05, 3.63) is 87.5 Å². The van der Waals surface area contributed by atoms with E-state index in [1.807, 2.05) is 6.92 Å². The van der Waals surface area contributed by atoms with Crippen LogP contribution < -0.4 is 5.56 Å². The number of carbonyl (C=O) groups excluding carboxylic acids is 1. The first-order valence-electron chi connectivity index (χ1n) is 8.23. The molecule has 0 fully saturated rings. The van der Waals surface area contributed by atoms with Gasteiger partial charge in [0, 0.05) is 18.3 Å². The van der Waals surface area contributed by atoms with Gasteiger partial charge in [0.25, 0.3) is 5.56 Å². The van der Waals surface area contributed by atoms with Crippen molar-refractivity contribution in [2.45, 2.75) is 19.7 Å². The zero-order chi connectivity index (χ0) is 20.3. The van der Waals surface area contributed by atoms with E-state index < -0.39 is 17.7 Å². The Bertz CT molecular complexity index is 1120. The smallest absolute Gasteiger partial charge is 0.416 e. The lowest BCUT2D eigenvalue weighted by Crippen LogP contribution is -2.16. The normalized spacial score (nSPS) is 11.9. The van der Waals surface area contributed by atoms with E-state index in [9.17, 15) is 22.8 Å². The summed E-state index contributed by atoms with van der Waals surface area (Å²) in [6.07, 6.45) is -0.563. The highest BCUT2D eigenvalue weighted by molar-refractivity contribution is 5.87. The fourth-order valence-corrected chi connectivity index (χ4v) is 2.51. The molecule has 2 aromatic heterocycles. The summed E-state index contributed by atoms with van der Waals surface area (Å²) in [6.45, 7) is 1.61. The van der Waals surface area contributed by atoms with Gasteiger partial charge >= 0.3 is 12.1 Å². The summed E-state index contributed by atoms with van der Waals surface area (Å²) in [4.78, 5) is 28.2. The number of esters is 1. The highest BCUT2D eigenvalue weighted by atomic mass is 19.4. The lowest BCUT2D eigenvalue weighted by Gasteiger charge is -2.07. The minimum atomic E-state index is -4.46. The lowest BCUT2D eigenvalue weighted by atomic mass is 10.1. The number of halogens is 3. The fraction of sp³-hybridized carbons (Fsp3) is 0.150. The standard InChI is InChI=1S/C20H15F3N2O3/c1-13-5-7-17-24-16(10-18(26)25(17)11-13)12-28-19(27)8-6-14-3-2-4-15(9-14)20(21,22)23/h2-11H,12H2,1H3/b8-6+. The molecule has 3 rings (SSSR count). The van der Waals surface area contributed by atoms with Gasteiger partial charge in [-0.25, -0.2) is 9.78 Å². The third-order valence-electron chi connectivity index (χ3n) is 3.85. The zero-order valence-electron chi connectivity index (χ0n) is 14.7. The van der Waals surface area contributed by atoms with Crippen LogP contribution in [0, 0.1) is 6.92 Å². The molecule has 5 nitrogen and oxygen atoms in total. The maximum Gasteiger partial charge on any atom is 0.416 e. The zero-order valence-corrected chi connectivity index (χ0v) is 14.7. The molecule has 3 aromatic rings. The number of aryl methyl sites for hydroxylation is 1. The molecule has 0 saturated carbocycles. The Morgan fingerprint density at radius 2 is 2.00 bits per heavy atom. The molecule has 2 heterocycles. The second-order valence-electron chi connectivity index (χ2n) is 6.08. The summed E-state index contributed by atoms with van der Waals surface area (Å²) in [5, 5.41) is 0. The number of pyridine rings is 1. The summed E-state index contributed by atoms with van der Waals surface area (Å²) in [5.74, 6) is -0.761. The minimum absolute atomic E-state index is 0.212. The topological polar surface area (TPSA) is 60.7 Å². The molecule has 0 aliphatic heterocycles. The maximum atomic E-state index is 12.7. The highest BCUT2D eigenvalue weighted by Gasteiger charge is 2.30. The second-order valence-corrected chi connectivity index (χ2v) is 6.08. The molecular formula is C20H15F3N2O3. The molecule has 0 atom stereocenters. The average Bonchev–Trinajstić information content (AvgIpc) is 2.65. The number of hydrogen-bond donors (Lipinski definition) is 0. The van der Waals surface area contributed by atoms with Crippen LogP contribution in [0.4, 0.5) is 13.2 Å². The summed E-state index contributed by atoms with van der Waals surface area (Å²) in [7, 11) is 0. The van der Waals surface area contributed by atoms with Crippen LogP contribution in [0.1, 0.15) is 22.4 Å². The van der Waals surface area contributed by atoms with Gasteiger partial charge in [0.05, 0.1) is 11.3 Å². The quantitative estimate of drug-likeness (QED) is 0.504. The van der Waals surface area contributed by atoms with Crippen molar-refractivity contribution < 1.29 is 22.7 Å². The van der Waals surface area contributed by atoms with Crippen LogP contribution in [0.5, 0.6) is 0 Å². The molecule has 0 saturated heterocycles. The van der Waals surface area contributed by atoms with Crippen LogP contribution in [-0.4, -0.2) is 15.4 Å². The van der Waals surface area contributed by atoms with Gasteiger partial charge < -0.3 is 4.74 Å². The van der Waals surface area contributed by atoms with E-state index in [4.69, 9.17) is 4.74 Å². The molecule has 144 valence electrons. The van der Waals surface area contributed by atoms with Crippen molar-refractivity contribution in [1.82, 2.24) is 9.38 Å². The van der Waals surface area contributed by atoms with Gasteiger partial charge in [-0.1, -0.05) is 18.2 Å². The molecule has 0 aliphatic carbocycles. The number of hydrogen-bond acceptors (Lipinski definition) is 4. The van der Waals surface area contributed by atoms with E-state index in [-0.39, 0.29) is 23.4 Å². The average molecular weight is 388 g/mol. The summed E-state index contributed by atoms with van der Waals surface area (Å²) < 4.78 is 44.5. The van der Waals surface area contributed by atoms with Crippen LogP contribution in [0.15, 0.2) is 59.5 Å². The number of ether oxygens (including phenoxy) is 1. The molecule has 0 spiro atoms. The van der Waals surface area contributed by atoms with E-state index in [1.165, 1.54) is 28.7 Å². The molecule has 0 aliphatic rings. The number of rotatable bonds is 4. The van der Waals surface area contributed by atoms with Crippen molar-refractivity contribution >= 4 is 17.7 Å². The van der Waals surface area contributed by atoms with Gasteiger partial charge in [-0.2, -0.15) is 13.2 Å². The Kier molecular flexibility index (Phi) is 5.30. The van der Waals surface area contributed by atoms with Crippen molar-refractivity contribution in [2.24, 2.45) is 0 Å². The van der Waals surface area contributed by atoms with Crippen LogP contribution >= 0.6 is 0 Å². The predicted octanol–water partition coefficient (Wildman–Crippen LogP) is 3.78. The Morgan fingerprint density at radius 1 is 1.21 bits per heavy atom. The first kappa shape index (κ1) is 19.3. The number of benzene rings is 1. The Balaban J connectivity index is 1.68.